The zero-order valence-corrected chi connectivity index (χ0v) is 16.3. The lowest BCUT2D eigenvalue weighted by Gasteiger charge is -2.30. The van der Waals surface area contributed by atoms with Crippen LogP contribution in [-0.2, 0) is 16.1 Å². The van der Waals surface area contributed by atoms with Gasteiger partial charge in [-0.1, -0.05) is 12.2 Å². The summed E-state index contributed by atoms with van der Waals surface area (Å²) in [6, 6.07) is 2.58. The molecule has 7 nitrogen and oxygen atoms in total. The standard InChI is InChI=1S/C21H27N3O4/c1-3-4-14-7-8-17-18-15(10-23(17)21(14)28)16(11-25)19(24(18)12(2)26)20(27)22-9-13-5-6-13/h3-4,7-8,13,15-16,18-19,25H,5-6,9-11H2,1-2H3,(H,22,27)/b4-3+/t15-,16-,18+,19-/m0/s1. The molecule has 4 atom stereocenters. The van der Waals surface area contributed by atoms with Crippen molar-refractivity contribution in [2.24, 2.45) is 17.8 Å². The maximum atomic E-state index is 12.9. The molecule has 2 amide bonds. The quantitative estimate of drug-likeness (QED) is 0.788. The molecule has 1 aromatic heterocycles. The minimum Gasteiger partial charge on any atom is -0.396 e. The number of amides is 2. The number of aromatic nitrogens is 1. The highest BCUT2D eigenvalue weighted by Crippen LogP contribution is 2.49. The fraction of sp³-hybridized carbons (Fsp3) is 0.571. The zero-order chi connectivity index (χ0) is 20.0. The Kier molecular flexibility index (Phi) is 4.87. The molecule has 0 radical (unpaired) electrons. The minimum absolute atomic E-state index is 0.0973. The van der Waals surface area contributed by atoms with Gasteiger partial charge in [0.05, 0.1) is 6.04 Å². The lowest BCUT2D eigenvalue weighted by atomic mass is 9.88. The molecule has 1 saturated carbocycles. The van der Waals surface area contributed by atoms with E-state index in [1.807, 2.05) is 19.1 Å². The smallest absolute Gasteiger partial charge is 0.258 e. The Balaban J connectivity index is 1.71. The van der Waals surface area contributed by atoms with Crippen LogP contribution in [0.5, 0.6) is 0 Å². The van der Waals surface area contributed by atoms with Crippen LogP contribution in [0.3, 0.4) is 0 Å². The van der Waals surface area contributed by atoms with Crippen molar-refractivity contribution in [1.82, 2.24) is 14.8 Å². The number of likely N-dealkylation sites (tertiary alicyclic amines) is 1. The number of allylic oxidation sites excluding steroid dienone is 1. The summed E-state index contributed by atoms with van der Waals surface area (Å²) in [7, 11) is 0. The predicted molar refractivity (Wildman–Crippen MR) is 104 cm³/mol. The van der Waals surface area contributed by atoms with Gasteiger partial charge >= 0.3 is 0 Å². The summed E-state index contributed by atoms with van der Waals surface area (Å²) >= 11 is 0. The summed E-state index contributed by atoms with van der Waals surface area (Å²) in [4.78, 5) is 39.9. The molecule has 7 heteroatoms. The summed E-state index contributed by atoms with van der Waals surface area (Å²) in [6.07, 6.45) is 5.84. The van der Waals surface area contributed by atoms with Crippen molar-refractivity contribution in [2.75, 3.05) is 13.2 Å². The van der Waals surface area contributed by atoms with Crippen molar-refractivity contribution in [3.05, 3.63) is 39.8 Å². The van der Waals surface area contributed by atoms with Gasteiger partial charge in [0.25, 0.3) is 5.56 Å². The summed E-state index contributed by atoms with van der Waals surface area (Å²) in [5.41, 5.74) is 1.24. The van der Waals surface area contributed by atoms with Crippen molar-refractivity contribution in [2.45, 2.75) is 45.3 Å². The van der Waals surface area contributed by atoms with Gasteiger partial charge in [0.1, 0.15) is 6.04 Å². The van der Waals surface area contributed by atoms with E-state index in [9.17, 15) is 19.5 Å². The van der Waals surface area contributed by atoms with E-state index < -0.39 is 12.0 Å². The first-order valence-corrected chi connectivity index (χ1v) is 10.0. The van der Waals surface area contributed by atoms with E-state index in [4.69, 9.17) is 0 Å². The Labute approximate surface area is 164 Å². The molecule has 3 aliphatic rings. The molecule has 2 aliphatic heterocycles. The molecule has 3 heterocycles. The van der Waals surface area contributed by atoms with Gasteiger partial charge in [-0.3, -0.25) is 14.4 Å². The number of rotatable bonds is 5. The van der Waals surface area contributed by atoms with Crippen LogP contribution < -0.4 is 10.9 Å². The van der Waals surface area contributed by atoms with E-state index in [0.717, 1.165) is 18.5 Å². The molecule has 2 fully saturated rings. The number of carbonyl (C=O) groups is 2. The van der Waals surface area contributed by atoms with Gasteiger partial charge in [-0.25, -0.2) is 0 Å². The molecular formula is C21H27N3O4. The Morgan fingerprint density at radius 1 is 1.32 bits per heavy atom. The molecule has 28 heavy (non-hydrogen) atoms. The molecule has 1 saturated heterocycles. The van der Waals surface area contributed by atoms with Gasteiger partial charge in [0.15, 0.2) is 0 Å². The molecular weight excluding hydrogens is 358 g/mol. The van der Waals surface area contributed by atoms with Crippen molar-refractivity contribution in [3.63, 3.8) is 0 Å². The highest BCUT2D eigenvalue weighted by Gasteiger charge is 2.56. The van der Waals surface area contributed by atoms with Crippen LogP contribution in [0, 0.1) is 17.8 Å². The first kappa shape index (κ1) is 18.9. The topological polar surface area (TPSA) is 91.6 Å². The second-order valence-corrected chi connectivity index (χ2v) is 8.14. The van der Waals surface area contributed by atoms with E-state index in [1.54, 1.807) is 21.6 Å². The number of aliphatic hydroxyl groups excluding tert-OH is 1. The van der Waals surface area contributed by atoms with Crippen LogP contribution in [0.1, 0.15) is 44.0 Å². The van der Waals surface area contributed by atoms with E-state index in [1.165, 1.54) is 6.92 Å². The Hall–Kier alpha value is -2.41. The molecule has 0 unspecified atom stereocenters. The van der Waals surface area contributed by atoms with E-state index >= 15 is 0 Å². The molecule has 1 aliphatic carbocycles. The summed E-state index contributed by atoms with van der Waals surface area (Å²) < 4.78 is 1.70. The van der Waals surface area contributed by atoms with Gasteiger partial charge in [-0.2, -0.15) is 0 Å². The first-order valence-electron chi connectivity index (χ1n) is 10.0. The number of nitrogens with zero attached hydrogens (tertiary/aromatic N) is 2. The van der Waals surface area contributed by atoms with Crippen LogP contribution in [-0.4, -0.2) is 45.6 Å². The molecule has 0 bridgehead atoms. The van der Waals surface area contributed by atoms with E-state index in [-0.39, 0.29) is 35.9 Å². The monoisotopic (exact) mass is 385 g/mol. The number of pyridine rings is 1. The average Bonchev–Trinajstić information content (AvgIpc) is 3.33. The fourth-order valence-corrected chi connectivity index (χ4v) is 4.84. The van der Waals surface area contributed by atoms with Crippen LogP contribution in [0.2, 0.25) is 0 Å². The second kappa shape index (κ2) is 7.20. The third kappa shape index (κ3) is 2.98. The van der Waals surface area contributed by atoms with E-state index in [0.29, 0.717) is 24.6 Å². The predicted octanol–water partition coefficient (Wildman–Crippen LogP) is 0.918. The molecule has 150 valence electrons. The summed E-state index contributed by atoms with van der Waals surface area (Å²) in [5.74, 6) is -0.421. The minimum atomic E-state index is -0.699. The van der Waals surface area contributed by atoms with Gasteiger partial charge in [0, 0.05) is 49.7 Å². The Morgan fingerprint density at radius 2 is 2.07 bits per heavy atom. The third-order valence-corrected chi connectivity index (χ3v) is 6.35. The van der Waals surface area contributed by atoms with Gasteiger partial charge in [0.2, 0.25) is 11.8 Å². The summed E-state index contributed by atoms with van der Waals surface area (Å²) in [6.45, 7) is 4.14. The van der Waals surface area contributed by atoms with Crippen LogP contribution in [0.25, 0.3) is 6.08 Å². The highest BCUT2D eigenvalue weighted by atomic mass is 16.3. The highest BCUT2D eigenvalue weighted by molar-refractivity contribution is 5.88. The van der Waals surface area contributed by atoms with Gasteiger partial charge < -0.3 is 19.9 Å². The number of nitrogens with one attached hydrogen (secondary N) is 1. The van der Waals surface area contributed by atoms with Gasteiger partial charge in [-0.05, 0) is 37.8 Å². The van der Waals surface area contributed by atoms with Crippen molar-refractivity contribution < 1.29 is 14.7 Å². The average molecular weight is 385 g/mol. The van der Waals surface area contributed by atoms with E-state index in [2.05, 4.69) is 5.32 Å². The Bertz CT molecular complexity index is 886. The molecule has 1 aromatic rings. The lowest BCUT2D eigenvalue weighted by Crippen LogP contribution is -2.50. The number of hydrogen-bond donors (Lipinski definition) is 2. The summed E-state index contributed by atoms with van der Waals surface area (Å²) in [5, 5.41) is 13.1. The van der Waals surface area contributed by atoms with Gasteiger partial charge in [-0.15, -0.1) is 0 Å². The zero-order valence-electron chi connectivity index (χ0n) is 16.3. The number of aliphatic hydroxyl groups is 1. The van der Waals surface area contributed by atoms with Crippen molar-refractivity contribution in [3.8, 4) is 0 Å². The van der Waals surface area contributed by atoms with Crippen molar-refractivity contribution >= 4 is 17.9 Å². The van der Waals surface area contributed by atoms with Crippen LogP contribution in [0.4, 0.5) is 0 Å². The third-order valence-electron chi connectivity index (χ3n) is 6.35. The molecule has 2 N–H and O–H groups in total. The first-order chi connectivity index (χ1) is 13.5. The number of hydrogen-bond acceptors (Lipinski definition) is 4. The maximum Gasteiger partial charge on any atom is 0.258 e. The normalized spacial score (nSPS) is 28.5. The second-order valence-electron chi connectivity index (χ2n) is 8.14. The fourth-order valence-electron chi connectivity index (χ4n) is 4.84. The van der Waals surface area contributed by atoms with Crippen LogP contribution in [0.15, 0.2) is 23.0 Å². The SMILES string of the molecule is C/C=C/c1ccc2n(c1=O)C[C@H]1[C@H](CO)[C@@H](C(=O)NCC3CC3)N(C(C)=O)[C@@H]21. The Morgan fingerprint density at radius 3 is 2.68 bits per heavy atom. The number of carbonyl (C=O) groups excluding carboxylic acids is 2. The van der Waals surface area contributed by atoms with Crippen LogP contribution >= 0.6 is 0 Å². The number of fused-ring (bicyclic) bond motifs is 3. The maximum absolute atomic E-state index is 12.9. The van der Waals surface area contributed by atoms with Crippen molar-refractivity contribution in [1.29, 1.82) is 0 Å². The largest absolute Gasteiger partial charge is 0.396 e. The molecule has 0 aromatic carbocycles. The molecule has 0 spiro atoms. The molecule has 4 rings (SSSR count). The lowest BCUT2D eigenvalue weighted by molar-refractivity contribution is -0.140.